The molecule has 1 nitrogen and oxygen atoms in total. The molecule has 13 heavy (non-hydrogen) atoms. The number of allylic oxidation sites excluding steroid dienone is 1. The maximum Gasteiger partial charge on any atom is 0.123 e. The predicted octanol–water partition coefficient (Wildman–Crippen LogP) is 2.36. The lowest BCUT2D eigenvalue weighted by molar-refractivity contribution is 0.231. The molecule has 2 rings (SSSR count). The molecule has 1 atom stereocenters. The van der Waals surface area contributed by atoms with Gasteiger partial charge in [-0.2, -0.15) is 0 Å². The molecule has 2 heteroatoms. The minimum absolute atomic E-state index is 0.239. The van der Waals surface area contributed by atoms with Crippen LogP contribution in [0.2, 0.25) is 0 Å². The number of aliphatic hydroxyl groups is 1. The number of hydrogen-bond donors (Lipinski definition) is 1. The van der Waals surface area contributed by atoms with Crippen molar-refractivity contribution in [2.24, 2.45) is 0 Å². The number of hydrogen-bond acceptors (Lipinski definition) is 1. The van der Waals surface area contributed by atoms with Crippen molar-refractivity contribution >= 4 is 5.57 Å². The Kier molecular flexibility index (Phi) is 2.15. The Hall–Kier alpha value is -1.15. The Balaban J connectivity index is 2.30. The van der Waals surface area contributed by atoms with E-state index < -0.39 is 0 Å². The van der Waals surface area contributed by atoms with E-state index in [1.165, 1.54) is 12.1 Å². The van der Waals surface area contributed by atoms with Crippen molar-refractivity contribution in [1.29, 1.82) is 0 Å². The third kappa shape index (κ3) is 1.63. The van der Waals surface area contributed by atoms with E-state index >= 15 is 0 Å². The van der Waals surface area contributed by atoms with Crippen LogP contribution < -0.4 is 0 Å². The summed E-state index contributed by atoms with van der Waals surface area (Å²) >= 11 is 0. The van der Waals surface area contributed by atoms with Gasteiger partial charge in [0.1, 0.15) is 5.82 Å². The summed E-state index contributed by atoms with van der Waals surface area (Å²) in [6.07, 6.45) is 3.34. The molecule has 0 unspecified atom stereocenters. The monoisotopic (exact) mass is 178 g/mol. The lowest BCUT2D eigenvalue weighted by atomic mass is 10.0. The highest BCUT2D eigenvalue weighted by Gasteiger charge is 2.17. The van der Waals surface area contributed by atoms with Crippen LogP contribution in [0, 0.1) is 5.82 Å². The van der Waals surface area contributed by atoms with Crippen LogP contribution in [0.4, 0.5) is 4.39 Å². The molecule has 1 aromatic carbocycles. The second kappa shape index (κ2) is 3.30. The number of halogens is 1. The van der Waals surface area contributed by atoms with Gasteiger partial charge in [0.05, 0.1) is 6.10 Å². The van der Waals surface area contributed by atoms with Crippen LogP contribution in [0.25, 0.3) is 5.57 Å². The van der Waals surface area contributed by atoms with E-state index in [0.717, 1.165) is 24.0 Å². The first kappa shape index (κ1) is 8.45. The fourth-order valence-electron chi connectivity index (χ4n) is 1.64. The van der Waals surface area contributed by atoms with Gasteiger partial charge < -0.3 is 5.11 Å². The van der Waals surface area contributed by atoms with E-state index in [-0.39, 0.29) is 11.9 Å². The van der Waals surface area contributed by atoms with Crippen molar-refractivity contribution < 1.29 is 9.50 Å². The van der Waals surface area contributed by atoms with E-state index in [0.29, 0.717) is 0 Å². The van der Waals surface area contributed by atoms with Crippen molar-refractivity contribution in [1.82, 2.24) is 0 Å². The molecule has 0 amide bonds. The quantitative estimate of drug-likeness (QED) is 0.700. The fourth-order valence-corrected chi connectivity index (χ4v) is 1.64. The fraction of sp³-hybridized carbons (Fsp3) is 0.273. The minimum Gasteiger partial charge on any atom is -0.388 e. The molecule has 0 aliphatic heterocycles. The molecule has 0 heterocycles. The highest BCUT2D eigenvalue weighted by Crippen LogP contribution is 2.27. The van der Waals surface area contributed by atoms with Crippen molar-refractivity contribution in [3.05, 3.63) is 41.7 Å². The van der Waals surface area contributed by atoms with Crippen LogP contribution in [-0.4, -0.2) is 11.2 Å². The normalized spacial score (nSPS) is 21.7. The van der Waals surface area contributed by atoms with Crippen LogP contribution in [0.1, 0.15) is 18.4 Å². The molecule has 0 radical (unpaired) electrons. The molecular weight excluding hydrogens is 167 g/mol. The molecule has 0 spiro atoms. The van der Waals surface area contributed by atoms with Crippen molar-refractivity contribution in [3.63, 3.8) is 0 Å². The zero-order chi connectivity index (χ0) is 9.26. The molecule has 1 aliphatic carbocycles. The summed E-state index contributed by atoms with van der Waals surface area (Å²) in [5.74, 6) is -0.239. The Morgan fingerprint density at radius 1 is 1.23 bits per heavy atom. The molecule has 0 aromatic heterocycles. The molecule has 0 bridgehead atoms. The molecule has 1 aliphatic rings. The van der Waals surface area contributed by atoms with E-state index in [2.05, 4.69) is 0 Å². The molecule has 1 N–H and O–H groups in total. The van der Waals surface area contributed by atoms with Crippen LogP contribution >= 0.6 is 0 Å². The second-order valence-electron chi connectivity index (χ2n) is 3.26. The molecule has 0 fully saturated rings. The van der Waals surface area contributed by atoms with E-state index in [1.54, 1.807) is 12.1 Å². The number of aliphatic hydroxyl groups excluding tert-OH is 1. The van der Waals surface area contributed by atoms with Gasteiger partial charge in [0.25, 0.3) is 0 Å². The van der Waals surface area contributed by atoms with Gasteiger partial charge in [-0.25, -0.2) is 4.39 Å². The predicted molar refractivity (Wildman–Crippen MR) is 49.6 cm³/mol. The third-order valence-corrected chi connectivity index (χ3v) is 2.34. The summed E-state index contributed by atoms with van der Waals surface area (Å²) in [6, 6.07) is 6.24. The van der Waals surface area contributed by atoms with Crippen LogP contribution in [-0.2, 0) is 0 Å². The van der Waals surface area contributed by atoms with E-state index in [9.17, 15) is 9.50 Å². The molecule has 0 saturated heterocycles. The molecule has 68 valence electrons. The van der Waals surface area contributed by atoms with Crippen molar-refractivity contribution in [2.75, 3.05) is 0 Å². The zero-order valence-corrected chi connectivity index (χ0v) is 7.20. The summed E-state index contributed by atoms with van der Waals surface area (Å²) < 4.78 is 12.6. The van der Waals surface area contributed by atoms with Crippen LogP contribution in [0.5, 0.6) is 0 Å². The Morgan fingerprint density at radius 2 is 1.92 bits per heavy atom. The van der Waals surface area contributed by atoms with Gasteiger partial charge in [-0.1, -0.05) is 18.2 Å². The average molecular weight is 178 g/mol. The number of rotatable bonds is 1. The lowest BCUT2D eigenvalue weighted by Gasteiger charge is -2.07. The van der Waals surface area contributed by atoms with Crippen molar-refractivity contribution in [3.8, 4) is 0 Å². The van der Waals surface area contributed by atoms with Gasteiger partial charge in [0.2, 0.25) is 0 Å². The van der Waals surface area contributed by atoms with Gasteiger partial charge in [0.15, 0.2) is 0 Å². The Morgan fingerprint density at radius 3 is 2.46 bits per heavy atom. The van der Waals surface area contributed by atoms with Gasteiger partial charge in [-0.3, -0.25) is 0 Å². The maximum absolute atomic E-state index is 12.6. The maximum atomic E-state index is 12.6. The lowest BCUT2D eigenvalue weighted by Crippen LogP contribution is -2.03. The summed E-state index contributed by atoms with van der Waals surface area (Å²) in [7, 11) is 0. The first-order chi connectivity index (χ1) is 6.27. The summed E-state index contributed by atoms with van der Waals surface area (Å²) in [6.45, 7) is 0. The first-order valence-electron chi connectivity index (χ1n) is 4.41. The Bertz CT molecular complexity index is 326. The van der Waals surface area contributed by atoms with Gasteiger partial charge in [-0.05, 0) is 36.1 Å². The standard InChI is InChI=1S/C11H11FO/c12-9-6-4-8(5-7-9)10-2-1-3-11(10)13/h2,4-7,11,13H,1,3H2/t11-/m0/s1. The van der Waals surface area contributed by atoms with E-state index in [4.69, 9.17) is 0 Å². The summed E-state index contributed by atoms with van der Waals surface area (Å²) in [4.78, 5) is 0. The highest BCUT2D eigenvalue weighted by atomic mass is 19.1. The zero-order valence-electron chi connectivity index (χ0n) is 7.20. The summed E-state index contributed by atoms with van der Waals surface area (Å²) in [5.41, 5.74) is 1.85. The first-order valence-corrected chi connectivity index (χ1v) is 4.41. The second-order valence-corrected chi connectivity index (χ2v) is 3.26. The Labute approximate surface area is 76.5 Å². The van der Waals surface area contributed by atoms with Crippen LogP contribution in [0.15, 0.2) is 30.3 Å². The summed E-state index contributed by atoms with van der Waals surface area (Å²) in [5, 5.41) is 9.55. The topological polar surface area (TPSA) is 20.2 Å². The van der Waals surface area contributed by atoms with Gasteiger partial charge in [0, 0.05) is 0 Å². The minimum atomic E-state index is -0.370. The van der Waals surface area contributed by atoms with Crippen LogP contribution in [0.3, 0.4) is 0 Å². The number of benzene rings is 1. The average Bonchev–Trinajstić information content (AvgIpc) is 2.53. The largest absolute Gasteiger partial charge is 0.388 e. The molecular formula is C11H11FO. The third-order valence-electron chi connectivity index (χ3n) is 2.34. The SMILES string of the molecule is O[C@H]1CCC=C1c1ccc(F)cc1. The van der Waals surface area contributed by atoms with Gasteiger partial charge in [-0.15, -0.1) is 0 Å². The molecule has 1 aromatic rings. The van der Waals surface area contributed by atoms with Gasteiger partial charge >= 0.3 is 0 Å². The molecule has 0 saturated carbocycles. The highest BCUT2D eigenvalue weighted by molar-refractivity contribution is 5.70. The smallest absolute Gasteiger partial charge is 0.123 e. The van der Waals surface area contributed by atoms with Crippen molar-refractivity contribution in [2.45, 2.75) is 18.9 Å². The van der Waals surface area contributed by atoms with E-state index in [1.807, 2.05) is 6.08 Å².